The standard InChI is InChI=1S/C15H20N2O/c1-11-2-5-14(18-11)10-17-7-6-13-4-3-12(9-16)8-15(13)17/h3-4,6-8,11,14H,2,5,9-10,16H2,1H3. The van der Waals surface area contributed by atoms with Crippen molar-refractivity contribution in [3.63, 3.8) is 0 Å². The molecular weight excluding hydrogens is 224 g/mol. The normalized spacial score (nSPS) is 23.9. The Bertz CT molecular complexity index is 546. The van der Waals surface area contributed by atoms with Crippen molar-refractivity contribution in [2.45, 2.75) is 45.1 Å². The zero-order chi connectivity index (χ0) is 12.5. The molecule has 0 saturated carbocycles. The van der Waals surface area contributed by atoms with Gasteiger partial charge in [-0.05, 0) is 42.8 Å². The average Bonchev–Trinajstić information content (AvgIpc) is 2.96. The highest BCUT2D eigenvalue weighted by molar-refractivity contribution is 5.80. The smallest absolute Gasteiger partial charge is 0.0758 e. The molecule has 0 amide bonds. The predicted molar refractivity (Wildman–Crippen MR) is 73.4 cm³/mol. The molecule has 0 spiro atoms. The van der Waals surface area contributed by atoms with Crippen LogP contribution in [-0.2, 0) is 17.8 Å². The number of benzene rings is 1. The van der Waals surface area contributed by atoms with Gasteiger partial charge in [-0.3, -0.25) is 0 Å². The molecule has 2 aromatic rings. The van der Waals surface area contributed by atoms with Crippen LogP contribution in [0.5, 0.6) is 0 Å². The summed E-state index contributed by atoms with van der Waals surface area (Å²) in [6.07, 6.45) is 5.26. The maximum Gasteiger partial charge on any atom is 0.0758 e. The fourth-order valence-corrected chi connectivity index (χ4v) is 2.75. The summed E-state index contributed by atoms with van der Waals surface area (Å²) in [7, 11) is 0. The third kappa shape index (κ3) is 2.16. The Kier molecular flexibility index (Phi) is 3.10. The van der Waals surface area contributed by atoms with E-state index in [1.807, 2.05) is 0 Å². The Labute approximate surface area is 108 Å². The number of rotatable bonds is 3. The van der Waals surface area contributed by atoms with Crippen LogP contribution in [0.3, 0.4) is 0 Å². The largest absolute Gasteiger partial charge is 0.373 e. The number of fused-ring (bicyclic) bond motifs is 1. The van der Waals surface area contributed by atoms with Gasteiger partial charge in [-0.1, -0.05) is 12.1 Å². The van der Waals surface area contributed by atoms with E-state index in [0.29, 0.717) is 18.8 Å². The van der Waals surface area contributed by atoms with Crippen molar-refractivity contribution in [2.75, 3.05) is 0 Å². The lowest BCUT2D eigenvalue weighted by Gasteiger charge is -2.13. The third-order valence-electron chi connectivity index (χ3n) is 3.79. The lowest BCUT2D eigenvalue weighted by Crippen LogP contribution is -2.15. The molecule has 96 valence electrons. The van der Waals surface area contributed by atoms with Crippen molar-refractivity contribution in [2.24, 2.45) is 5.73 Å². The molecular formula is C15H20N2O. The molecule has 2 unspecified atom stereocenters. The summed E-state index contributed by atoms with van der Waals surface area (Å²) in [6.45, 7) is 3.69. The molecule has 18 heavy (non-hydrogen) atoms. The maximum atomic E-state index is 5.89. The second kappa shape index (κ2) is 4.75. The quantitative estimate of drug-likeness (QED) is 0.901. The first-order chi connectivity index (χ1) is 8.76. The van der Waals surface area contributed by atoms with E-state index in [1.165, 1.54) is 22.9 Å². The fraction of sp³-hybridized carbons (Fsp3) is 0.467. The molecule has 1 aromatic heterocycles. The first-order valence-corrected chi connectivity index (χ1v) is 6.69. The molecule has 3 nitrogen and oxygen atoms in total. The molecule has 3 heteroatoms. The van der Waals surface area contributed by atoms with Crippen LogP contribution < -0.4 is 5.73 Å². The fourth-order valence-electron chi connectivity index (χ4n) is 2.75. The Morgan fingerprint density at radius 2 is 2.22 bits per heavy atom. The lowest BCUT2D eigenvalue weighted by molar-refractivity contribution is 0.0465. The van der Waals surface area contributed by atoms with E-state index in [1.54, 1.807) is 0 Å². The summed E-state index contributed by atoms with van der Waals surface area (Å²) in [4.78, 5) is 0. The predicted octanol–water partition coefficient (Wildman–Crippen LogP) is 2.67. The van der Waals surface area contributed by atoms with Crippen LogP contribution in [0.4, 0.5) is 0 Å². The molecule has 1 aromatic carbocycles. The van der Waals surface area contributed by atoms with Crippen LogP contribution in [0.1, 0.15) is 25.3 Å². The lowest BCUT2D eigenvalue weighted by atomic mass is 10.1. The molecule has 0 aliphatic carbocycles. The molecule has 1 saturated heterocycles. The number of nitrogens with zero attached hydrogens (tertiary/aromatic N) is 1. The number of aromatic nitrogens is 1. The molecule has 2 N–H and O–H groups in total. The molecule has 3 rings (SSSR count). The van der Waals surface area contributed by atoms with Gasteiger partial charge in [0.15, 0.2) is 0 Å². The van der Waals surface area contributed by atoms with E-state index >= 15 is 0 Å². The van der Waals surface area contributed by atoms with Gasteiger partial charge in [0.1, 0.15) is 0 Å². The zero-order valence-corrected chi connectivity index (χ0v) is 10.8. The minimum Gasteiger partial charge on any atom is -0.373 e. The van der Waals surface area contributed by atoms with Gasteiger partial charge < -0.3 is 15.0 Å². The van der Waals surface area contributed by atoms with Crippen molar-refractivity contribution in [3.8, 4) is 0 Å². The molecule has 1 fully saturated rings. The first kappa shape index (κ1) is 11.8. The SMILES string of the molecule is CC1CCC(Cn2ccc3ccc(CN)cc32)O1. The second-order valence-corrected chi connectivity index (χ2v) is 5.21. The summed E-state index contributed by atoms with van der Waals surface area (Å²) in [5, 5.41) is 1.28. The second-order valence-electron chi connectivity index (χ2n) is 5.21. The first-order valence-electron chi connectivity index (χ1n) is 6.69. The number of nitrogens with two attached hydrogens (primary N) is 1. The molecule has 1 aliphatic rings. The van der Waals surface area contributed by atoms with Crippen LogP contribution in [0, 0.1) is 0 Å². The molecule has 0 radical (unpaired) electrons. The zero-order valence-electron chi connectivity index (χ0n) is 10.8. The van der Waals surface area contributed by atoms with Crippen LogP contribution in [0.15, 0.2) is 30.5 Å². The summed E-state index contributed by atoms with van der Waals surface area (Å²) >= 11 is 0. The van der Waals surface area contributed by atoms with E-state index < -0.39 is 0 Å². The minimum absolute atomic E-state index is 0.358. The van der Waals surface area contributed by atoms with Gasteiger partial charge in [-0.15, -0.1) is 0 Å². The molecule has 0 bridgehead atoms. The number of hydrogen-bond donors (Lipinski definition) is 1. The monoisotopic (exact) mass is 244 g/mol. The Morgan fingerprint density at radius 1 is 1.33 bits per heavy atom. The third-order valence-corrected chi connectivity index (χ3v) is 3.79. The van der Waals surface area contributed by atoms with Crippen LogP contribution in [-0.4, -0.2) is 16.8 Å². The average molecular weight is 244 g/mol. The van der Waals surface area contributed by atoms with Gasteiger partial charge in [-0.25, -0.2) is 0 Å². The van der Waals surface area contributed by atoms with Gasteiger partial charge in [0, 0.05) is 24.8 Å². The van der Waals surface area contributed by atoms with Crippen molar-refractivity contribution in [1.29, 1.82) is 0 Å². The van der Waals surface area contributed by atoms with E-state index in [4.69, 9.17) is 10.5 Å². The maximum absolute atomic E-state index is 5.89. The van der Waals surface area contributed by atoms with Crippen LogP contribution in [0.25, 0.3) is 10.9 Å². The Balaban J connectivity index is 1.87. The summed E-state index contributed by atoms with van der Waals surface area (Å²) in [5.74, 6) is 0. The van der Waals surface area contributed by atoms with Gasteiger partial charge in [0.25, 0.3) is 0 Å². The number of ether oxygens (including phenoxy) is 1. The van der Waals surface area contributed by atoms with E-state index in [0.717, 1.165) is 13.0 Å². The molecule has 2 atom stereocenters. The van der Waals surface area contributed by atoms with Gasteiger partial charge in [-0.2, -0.15) is 0 Å². The molecule has 2 heterocycles. The Morgan fingerprint density at radius 3 is 2.94 bits per heavy atom. The van der Waals surface area contributed by atoms with E-state index in [-0.39, 0.29) is 0 Å². The van der Waals surface area contributed by atoms with Crippen LogP contribution >= 0.6 is 0 Å². The highest BCUT2D eigenvalue weighted by Gasteiger charge is 2.22. The highest BCUT2D eigenvalue weighted by atomic mass is 16.5. The van der Waals surface area contributed by atoms with E-state index in [2.05, 4.69) is 42.0 Å². The minimum atomic E-state index is 0.358. The van der Waals surface area contributed by atoms with Crippen LogP contribution in [0.2, 0.25) is 0 Å². The highest BCUT2D eigenvalue weighted by Crippen LogP contribution is 2.23. The molecule has 1 aliphatic heterocycles. The summed E-state index contributed by atoms with van der Waals surface area (Å²) in [6, 6.07) is 8.59. The topological polar surface area (TPSA) is 40.2 Å². The van der Waals surface area contributed by atoms with Gasteiger partial charge in [0.2, 0.25) is 0 Å². The van der Waals surface area contributed by atoms with Crippen molar-refractivity contribution >= 4 is 10.9 Å². The van der Waals surface area contributed by atoms with Crippen molar-refractivity contribution in [3.05, 3.63) is 36.0 Å². The Hall–Kier alpha value is -1.32. The summed E-state index contributed by atoms with van der Waals surface area (Å²) in [5.41, 5.74) is 8.16. The van der Waals surface area contributed by atoms with Gasteiger partial charge >= 0.3 is 0 Å². The van der Waals surface area contributed by atoms with Crippen molar-refractivity contribution < 1.29 is 4.74 Å². The van der Waals surface area contributed by atoms with Crippen molar-refractivity contribution in [1.82, 2.24) is 4.57 Å². The summed E-state index contributed by atoms with van der Waals surface area (Å²) < 4.78 is 8.18. The number of hydrogen-bond acceptors (Lipinski definition) is 2. The van der Waals surface area contributed by atoms with Gasteiger partial charge in [0.05, 0.1) is 12.2 Å². The van der Waals surface area contributed by atoms with E-state index in [9.17, 15) is 0 Å².